The van der Waals surface area contributed by atoms with E-state index < -0.39 is 23.3 Å². The molecule has 0 aliphatic rings. The summed E-state index contributed by atoms with van der Waals surface area (Å²) in [5.74, 6) is -1.53. The highest BCUT2D eigenvalue weighted by molar-refractivity contribution is 5.91. The largest absolute Gasteiger partial charge is 0.491 e. The van der Waals surface area contributed by atoms with Crippen LogP contribution in [0.1, 0.15) is 25.0 Å². The fourth-order valence-electron chi connectivity index (χ4n) is 1.23. The molecule has 0 fully saturated rings. The number of rotatable bonds is 3. The van der Waals surface area contributed by atoms with Gasteiger partial charge >= 0.3 is 6.18 Å². The summed E-state index contributed by atoms with van der Waals surface area (Å²) in [4.78, 5) is 0. The maximum absolute atomic E-state index is 12.7. The van der Waals surface area contributed by atoms with Crippen molar-refractivity contribution in [2.24, 2.45) is 0 Å². The molecule has 1 aromatic rings. The van der Waals surface area contributed by atoms with Gasteiger partial charge in [-0.3, -0.25) is 5.41 Å². The topological polar surface area (TPSA) is 33.1 Å². The van der Waals surface area contributed by atoms with Crippen LogP contribution in [-0.2, 0) is 6.18 Å². The second kappa shape index (κ2) is 4.73. The summed E-state index contributed by atoms with van der Waals surface area (Å²) in [6.07, 6.45) is -4.93. The zero-order valence-corrected chi connectivity index (χ0v) is 9.23. The lowest BCUT2D eigenvalue weighted by atomic mass is 10.1. The Morgan fingerprint density at radius 1 is 1.24 bits per heavy atom. The number of hydrogen-bond donors (Lipinski definition) is 1. The van der Waals surface area contributed by atoms with Crippen molar-refractivity contribution in [2.45, 2.75) is 26.1 Å². The van der Waals surface area contributed by atoms with Crippen LogP contribution >= 0.6 is 0 Å². The first-order valence-electron chi connectivity index (χ1n) is 4.83. The van der Waals surface area contributed by atoms with Crippen molar-refractivity contribution in [3.63, 3.8) is 0 Å². The van der Waals surface area contributed by atoms with E-state index in [0.717, 1.165) is 12.1 Å². The lowest BCUT2D eigenvalue weighted by Crippen LogP contribution is -2.10. The van der Waals surface area contributed by atoms with Gasteiger partial charge in [0.2, 0.25) is 5.97 Å². The Hall–Kier alpha value is -1.59. The highest BCUT2D eigenvalue weighted by atomic mass is 19.4. The Morgan fingerprint density at radius 2 is 1.82 bits per heavy atom. The van der Waals surface area contributed by atoms with Crippen LogP contribution in [0.3, 0.4) is 0 Å². The van der Waals surface area contributed by atoms with Gasteiger partial charge in [-0.25, -0.2) is 0 Å². The fraction of sp³-hybridized carbons (Fsp3) is 0.364. The second-order valence-corrected chi connectivity index (χ2v) is 3.72. The van der Waals surface area contributed by atoms with E-state index in [-0.39, 0.29) is 11.9 Å². The molecule has 0 atom stereocenters. The van der Waals surface area contributed by atoms with E-state index in [4.69, 9.17) is 10.1 Å². The first kappa shape index (κ1) is 13.5. The molecule has 0 unspecified atom stereocenters. The van der Waals surface area contributed by atoms with E-state index in [0.29, 0.717) is 6.07 Å². The Morgan fingerprint density at radius 3 is 2.24 bits per heavy atom. The molecule has 0 aliphatic carbocycles. The van der Waals surface area contributed by atoms with E-state index in [1.807, 2.05) is 0 Å². The van der Waals surface area contributed by atoms with Crippen molar-refractivity contribution >= 4 is 5.97 Å². The van der Waals surface area contributed by atoms with Crippen molar-refractivity contribution in [3.05, 3.63) is 29.3 Å². The predicted octanol–water partition coefficient (Wildman–Crippen LogP) is 3.79. The zero-order chi connectivity index (χ0) is 13.2. The van der Waals surface area contributed by atoms with Gasteiger partial charge in [0, 0.05) is 5.56 Å². The number of nitrogens with one attached hydrogen (secondary N) is 1. The quantitative estimate of drug-likeness (QED) is 0.641. The van der Waals surface area contributed by atoms with Gasteiger partial charge in [0.15, 0.2) is 0 Å². The first-order chi connectivity index (χ1) is 7.70. The van der Waals surface area contributed by atoms with Gasteiger partial charge in [-0.1, -0.05) is 0 Å². The monoisotopic (exact) mass is 249 g/mol. The Balaban J connectivity index is 3.24. The minimum Gasteiger partial charge on any atom is -0.491 e. The van der Waals surface area contributed by atoms with Gasteiger partial charge in [-0.05, 0) is 32.0 Å². The molecular weight excluding hydrogens is 238 g/mol. The summed E-state index contributed by atoms with van der Waals surface area (Å²) in [7, 11) is 0. The SMILES string of the molecule is CC(C)Oc1cc(C(=N)F)cc(C(F)(F)F)c1. The zero-order valence-electron chi connectivity index (χ0n) is 9.23. The van der Waals surface area contributed by atoms with Crippen LogP contribution in [0.4, 0.5) is 17.6 Å². The molecule has 0 saturated heterocycles. The minimum atomic E-state index is -4.60. The highest BCUT2D eigenvalue weighted by Gasteiger charge is 2.31. The highest BCUT2D eigenvalue weighted by Crippen LogP contribution is 2.33. The molecule has 2 nitrogen and oxygen atoms in total. The number of hydrogen-bond acceptors (Lipinski definition) is 2. The lowest BCUT2D eigenvalue weighted by molar-refractivity contribution is -0.137. The molecule has 0 aliphatic heterocycles. The van der Waals surface area contributed by atoms with Gasteiger partial charge in [0.25, 0.3) is 0 Å². The average molecular weight is 249 g/mol. The molecule has 0 heterocycles. The van der Waals surface area contributed by atoms with E-state index in [1.165, 1.54) is 0 Å². The first-order valence-corrected chi connectivity index (χ1v) is 4.83. The van der Waals surface area contributed by atoms with Crippen LogP contribution < -0.4 is 4.74 Å². The van der Waals surface area contributed by atoms with Crippen LogP contribution in [-0.4, -0.2) is 12.1 Å². The maximum atomic E-state index is 12.7. The van der Waals surface area contributed by atoms with E-state index >= 15 is 0 Å². The molecule has 17 heavy (non-hydrogen) atoms. The predicted molar refractivity (Wildman–Crippen MR) is 55.1 cm³/mol. The molecule has 0 radical (unpaired) electrons. The minimum absolute atomic E-state index is 0.104. The van der Waals surface area contributed by atoms with Gasteiger partial charge in [-0.2, -0.15) is 17.6 Å². The molecule has 0 saturated carbocycles. The van der Waals surface area contributed by atoms with Crippen LogP contribution in [0.15, 0.2) is 18.2 Å². The van der Waals surface area contributed by atoms with Crippen molar-refractivity contribution in [1.29, 1.82) is 5.41 Å². The van der Waals surface area contributed by atoms with Gasteiger partial charge in [-0.15, -0.1) is 0 Å². The number of benzene rings is 1. The smallest absolute Gasteiger partial charge is 0.416 e. The molecule has 1 aromatic carbocycles. The molecule has 6 heteroatoms. The molecule has 1 N–H and O–H groups in total. The van der Waals surface area contributed by atoms with E-state index in [1.54, 1.807) is 13.8 Å². The van der Waals surface area contributed by atoms with Crippen LogP contribution in [0, 0.1) is 5.41 Å². The standard InChI is InChI=1S/C11H11F4NO/c1-6(2)17-9-4-7(10(12)16)3-8(5-9)11(13,14)15/h3-6,16H,1-2H3. The maximum Gasteiger partial charge on any atom is 0.416 e. The molecule has 0 aromatic heterocycles. The summed E-state index contributed by atoms with van der Waals surface area (Å²) < 4.78 is 55.3. The Bertz CT molecular complexity index is 426. The normalized spacial score (nSPS) is 11.7. The second-order valence-electron chi connectivity index (χ2n) is 3.72. The molecular formula is C11H11F4NO. The molecule has 94 valence electrons. The van der Waals surface area contributed by atoms with Crippen molar-refractivity contribution in [3.8, 4) is 5.75 Å². The lowest BCUT2D eigenvalue weighted by Gasteiger charge is -2.14. The summed E-state index contributed by atoms with van der Waals surface area (Å²) in [6.45, 7) is 3.28. The van der Waals surface area contributed by atoms with Crippen LogP contribution in [0.5, 0.6) is 5.75 Å². The van der Waals surface area contributed by atoms with Gasteiger partial charge < -0.3 is 4.74 Å². The average Bonchev–Trinajstić information content (AvgIpc) is 2.14. The Labute approximate surface area is 95.7 Å². The molecule has 0 bridgehead atoms. The number of alkyl halides is 3. The summed E-state index contributed by atoms with van der Waals surface area (Å²) >= 11 is 0. The molecule has 1 rings (SSSR count). The number of ether oxygens (including phenoxy) is 1. The van der Waals surface area contributed by atoms with Gasteiger partial charge in [0.05, 0.1) is 11.7 Å². The van der Waals surface area contributed by atoms with Gasteiger partial charge in [0.1, 0.15) is 5.75 Å². The van der Waals surface area contributed by atoms with Crippen LogP contribution in [0.25, 0.3) is 0 Å². The third-order valence-electron chi connectivity index (χ3n) is 1.86. The van der Waals surface area contributed by atoms with Crippen molar-refractivity contribution in [1.82, 2.24) is 0 Å². The molecule has 0 spiro atoms. The summed E-state index contributed by atoms with van der Waals surface area (Å²) in [6, 6.07) is 2.43. The van der Waals surface area contributed by atoms with Crippen LogP contribution in [0.2, 0.25) is 0 Å². The fourth-order valence-corrected chi connectivity index (χ4v) is 1.23. The van der Waals surface area contributed by atoms with Crippen molar-refractivity contribution in [2.75, 3.05) is 0 Å². The molecule has 0 amide bonds. The Kier molecular flexibility index (Phi) is 3.75. The van der Waals surface area contributed by atoms with E-state index in [2.05, 4.69) is 0 Å². The van der Waals surface area contributed by atoms with E-state index in [9.17, 15) is 17.6 Å². The third kappa shape index (κ3) is 3.72. The van der Waals surface area contributed by atoms with Crippen molar-refractivity contribution < 1.29 is 22.3 Å². The summed E-state index contributed by atoms with van der Waals surface area (Å²) in [5.41, 5.74) is -1.48. The summed E-state index contributed by atoms with van der Waals surface area (Å²) in [5, 5.41) is 6.73. The number of halogens is 4. The third-order valence-corrected chi connectivity index (χ3v) is 1.86.